The summed E-state index contributed by atoms with van der Waals surface area (Å²) in [5.41, 5.74) is 7.78. The van der Waals surface area contributed by atoms with Gasteiger partial charge in [0.25, 0.3) is 5.91 Å². The van der Waals surface area contributed by atoms with Gasteiger partial charge in [0, 0.05) is 12.4 Å². The van der Waals surface area contributed by atoms with Gasteiger partial charge in [0.1, 0.15) is 17.1 Å². The number of ether oxygens (including phenoxy) is 1. The topological polar surface area (TPSA) is 111 Å². The van der Waals surface area contributed by atoms with Gasteiger partial charge in [0.05, 0.1) is 29.9 Å². The molecule has 0 aliphatic rings. The van der Waals surface area contributed by atoms with Crippen LogP contribution >= 0.6 is 0 Å². The maximum atomic E-state index is 14.0. The number of primary amides is 1. The first-order valence-electron chi connectivity index (χ1n) is 11.7. The third-order valence-corrected chi connectivity index (χ3v) is 4.95. The molecule has 7 nitrogen and oxygen atoms in total. The highest BCUT2D eigenvalue weighted by Gasteiger charge is 2.20. The molecule has 2 aromatic carbocycles. The summed E-state index contributed by atoms with van der Waals surface area (Å²) in [6, 6.07) is 16.3. The van der Waals surface area contributed by atoms with Crippen LogP contribution in [0.3, 0.4) is 0 Å². The van der Waals surface area contributed by atoms with Crippen LogP contribution in [0.2, 0.25) is 0 Å². The summed E-state index contributed by atoms with van der Waals surface area (Å²) >= 11 is 0. The molecule has 0 fully saturated rings. The summed E-state index contributed by atoms with van der Waals surface area (Å²) in [4.78, 5) is 15.5. The molecule has 36 heavy (non-hydrogen) atoms. The summed E-state index contributed by atoms with van der Waals surface area (Å²) in [7, 11) is 0. The lowest BCUT2D eigenvalue weighted by molar-refractivity contribution is -0.0633. The summed E-state index contributed by atoms with van der Waals surface area (Å²) in [5, 5.41) is 12.4. The molecular weight excluding hydrogens is 461 g/mol. The second-order valence-corrected chi connectivity index (χ2v) is 8.34. The van der Waals surface area contributed by atoms with Crippen LogP contribution in [0.25, 0.3) is 11.0 Å². The van der Waals surface area contributed by atoms with Crippen molar-refractivity contribution in [3.05, 3.63) is 89.7 Å². The largest absolute Gasteiger partial charge is 0.448 e. The molecule has 0 aliphatic carbocycles. The number of carbonyl (C=O) groups excluding carboxylic acids is 1. The van der Waals surface area contributed by atoms with Crippen molar-refractivity contribution in [2.45, 2.75) is 46.8 Å². The fourth-order valence-corrected chi connectivity index (χ4v) is 2.99. The molecule has 0 saturated carbocycles. The van der Waals surface area contributed by atoms with E-state index in [-0.39, 0.29) is 18.1 Å². The zero-order valence-corrected chi connectivity index (χ0v) is 21.3. The smallest absolute Gasteiger partial charge is 0.286 e. The average molecular weight is 496 g/mol. The highest BCUT2D eigenvalue weighted by molar-refractivity contribution is 6.06. The Balaban J connectivity index is 0.000000262. The molecular formula is C28H34FN3O4. The van der Waals surface area contributed by atoms with Gasteiger partial charge in [0.15, 0.2) is 0 Å². The van der Waals surface area contributed by atoms with E-state index in [1.165, 1.54) is 18.5 Å². The number of hydrogen-bond donors (Lipinski definition) is 3. The summed E-state index contributed by atoms with van der Waals surface area (Å²) < 4.78 is 24.9. The molecule has 4 rings (SSSR count). The second-order valence-electron chi connectivity index (χ2n) is 8.34. The van der Waals surface area contributed by atoms with Crippen molar-refractivity contribution in [3.8, 4) is 0 Å². The van der Waals surface area contributed by atoms with E-state index < -0.39 is 17.3 Å². The molecule has 1 amide bonds. The van der Waals surface area contributed by atoms with Crippen molar-refractivity contribution in [2.24, 2.45) is 5.73 Å². The quantitative estimate of drug-likeness (QED) is 0.285. The maximum Gasteiger partial charge on any atom is 0.286 e. The van der Waals surface area contributed by atoms with Crippen LogP contribution in [0.5, 0.6) is 0 Å². The molecule has 2 aromatic heterocycles. The number of carbonyl (C=O) groups is 1. The van der Waals surface area contributed by atoms with Crippen molar-refractivity contribution < 1.29 is 23.4 Å². The van der Waals surface area contributed by atoms with Gasteiger partial charge in [-0.25, -0.2) is 4.39 Å². The maximum absolute atomic E-state index is 14.0. The number of pyridine rings is 1. The van der Waals surface area contributed by atoms with Crippen molar-refractivity contribution >= 4 is 28.3 Å². The van der Waals surface area contributed by atoms with Gasteiger partial charge in [-0.05, 0) is 50.1 Å². The highest BCUT2D eigenvalue weighted by atomic mass is 19.1. The molecule has 0 atom stereocenters. The predicted octanol–water partition coefficient (Wildman–Crippen LogP) is 6.12. The number of aromatic nitrogens is 1. The molecule has 4 aromatic rings. The fraction of sp³-hybridized carbons (Fsp3) is 0.286. The van der Waals surface area contributed by atoms with E-state index in [2.05, 4.69) is 10.3 Å². The lowest BCUT2D eigenvalue weighted by Gasteiger charge is -2.22. The van der Waals surface area contributed by atoms with Crippen LogP contribution in [-0.4, -0.2) is 28.2 Å². The number of nitrogens with zero attached hydrogens (tertiary/aromatic N) is 1. The van der Waals surface area contributed by atoms with Crippen molar-refractivity contribution in [3.63, 3.8) is 0 Å². The van der Waals surface area contributed by atoms with Crippen LogP contribution in [0.1, 0.15) is 49.4 Å². The van der Waals surface area contributed by atoms with Gasteiger partial charge in [0.2, 0.25) is 5.76 Å². The van der Waals surface area contributed by atoms with E-state index in [4.69, 9.17) is 20.0 Å². The number of aliphatic hydroxyl groups is 1. The van der Waals surface area contributed by atoms with Gasteiger partial charge >= 0.3 is 0 Å². The number of aryl methyl sites for hydroxylation is 1. The molecule has 192 valence electrons. The molecule has 8 heteroatoms. The Hall–Kier alpha value is -3.75. The first-order chi connectivity index (χ1) is 17.2. The minimum absolute atomic E-state index is 0.0415. The number of nitrogens with one attached hydrogen (secondary N) is 1. The Morgan fingerprint density at radius 2 is 1.86 bits per heavy atom. The summed E-state index contributed by atoms with van der Waals surface area (Å²) in [5.74, 6) is -1.22. The van der Waals surface area contributed by atoms with Crippen molar-refractivity contribution in [2.75, 3.05) is 11.9 Å². The number of benzene rings is 2. The molecule has 4 N–H and O–H groups in total. The predicted molar refractivity (Wildman–Crippen MR) is 141 cm³/mol. The lowest BCUT2D eigenvalue weighted by atomic mass is 10.1. The number of hydrogen-bond acceptors (Lipinski definition) is 6. The second kappa shape index (κ2) is 13.4. The van der Waals surface area contributed by atoms with E-state index in [0.29, 0.717) is 23.3 Å². The third-order valence-electron chi connectivity index (χ3n) is 4.95. The minimum Gasteiger partial charge on any atom is -0.448 e. The monoisotopic (exact) mass is 495 g/mol. The number of nitrogens with two attached hydrogens (primary N) is 1. The molecule has 0 unspecified atom stereocenters. The van der Waals surface area contributed by atoms with E-state index >= 15 is 0 Å². The number of amides is 1. The van der Waals surface area contributed by atoms with E-state index in [9.17, 15) is 9.18 Å². The van der Waals surface area contributed by atoms with Crippen LogP contribution in [0.15, 0.2) is 71.4 Å². The minimum atomic E-state index is -0.735. The van der Waals surface area contributed by atoms with Gasteiger partial charge in [-0.15, -0.1) is 0 Å². The molecule has 0 aliphatic heterocycles. The zero-order valence-electron chi connectivity index (χ0n) is 21.3. The van der Waals surface area contributed by atoms with Gasteiger partial charge in [-0.2, -0.15) is 0 Å². The van der Waals surface area contributed by atoms with Crippen molar-refractivity contribution in [1.82, 2.24) is 4.98 Å². The number of aliphatic hydroxyl groups excluding tert-OH is 1. The van der Waals surface area contributed by atoms with E-state index in [1.807, 2.05) is 58.0 Å². The normalized spacial score (nSPS) is 10.6. The first kappa shape index (κ1) is 28.5. The van der Waals surface area contributed by atoms with Crippen LogP contribution < -0.4 is 11.1 Å². The van der Waals surface area contributed by atoms with Gasteiger partial charge in [-0.3, -0.25) is 9.78 Å². The van der Waals surface area contributed by atoms with E-state index in [0.717, 1.165) is 11.1 Å². The number of anilines is 2. The fourth-order valence-electron chi connectivity index (χ4n) is 2.99. The third kappa shape index (κ3) is 7.90. The van der Waals surface area contributed by atoms with E-state index in [1.54, 1.807) is 25.1 Å². The number of rotatable bonds is 7. The Labute approximate surface area is 211 Å². The van der Waals surface area contributed by atoms with Gasteiger partial charge in [-0.1, -0.05) is 50.2 Å². The van der Waals surface area contributed by atoms with Crippen LogP contribution in [0.4, 0.5) is 15.8 Å². The lowest BCUT2D eigenvalue weighted by Crippen LogP contribution is -2.28. The zero-order chi connectivity index (χ0) is 26.7. The Bertz CT molecular complexity index is 1260. The number of furan rings is 1. The van der Waals surface area contributed by atoms with Crippen molar-refractivity contribution in [1.29, 1.82) is 0 Å². The SMILES string of the molecule is CC.CC(C)(CO)OCc1ccccc1.Cc1ccc(Nc2c(C(N)=O)oc3ccncc23)c(F)c1. The van der Waals surface area contributed by atoms with Crippen LogP contribution in [0, 0.1) is 12.7 Å². The standard InChI is InChI=1S/C15H12FN3O2.C11H16O2.C2H6/c1-8-2-3-11(10(16)6-8)19-13-9-7-18-5-4-12(9)21-14(13)15(17)20;1-11(2,9-12)13-8-10-6-4-3-5-7-10;1-2/h2-7,19H,1H3,(H2,17,20);3-7,12H,8-9H2,1-2H3;1-2H3. The molecule has 0 bridgehead atoms. The number of halogens is 1. The molecule has 0 spiro atoms. The molecule has 0 radical (unpaired) electrons. The average Bonchev–Trinajstić information content (AvgIpc) is 3.26. The highest BCUT2D eigenvalue weighted by Crippen LogP contribution is 2.33. The summed E-state index contributed by atoms with van der Waals surface area (Å²) in [6.45, 7) is 10.1. The Morgan fingerprint density at radius 1 is 1.17 bits per heavy atom. The number of fused-ring (bicyclic) bond motifs is 1. The Kier molecular flexibility index (Phi) is 10.6. The molecule has 2 heterocycles. The van der Waals surface area contributed by atoms with Crippen LogP contribution in [-0.2, 0) is 11.3 Å². The molecule has 0 saturated heterocycles. The van der Waals surface area contributed by atoms with Gasteiger partial charge < -0.3 is 25.3 Å². The Morgan fingerprint density at radius 3 is 2.47 bits per heavy atom. The first-order valence-corrected chi connectivity index (χ1v) is 11.7. The summed E-state index contributed by atoms with van der Waals surface area (Å²) in [6.07, 6.45) is 3.06.